The Hall–Kier alpha value is -3.25. The van der Waals surface area contributed by atoms with Crippen LogP contribution in [0.3, 0.4) is 0 Å². The van der Waals surface area contributed by atoms with E-state index in [0.717, 1.165) is 22.3 Å². The Kier molecular flexibility index (Phi) is 5.27. The van der Waals surface area contributed by atoms with Gasteiger partial charge in [0.1, 0.15) is 11.6 Å². The molecular formula is C23H19FN2O2S. The van der Waals surface area contributed by atoms with Gasteiger partial charge in [-0.25, -0.2) is 4.39 Å². The molecule has 0 atom stereocenters. The Bertz CT molecular complexity index is 1260. The zero-order valence-electron chi connectivity index (χ0n) is 15.8. The van der Waals surface area contributed by atoms with Crippen molar-refractivity contribution in [1.29, 1.82) is 0 Å². The molecule has 0 bridgehead atoms. The first-order valence-corrected chi connectivity index (χ1v) is 9.58. The number of methoxy groups -OCH3 is 1. The van der Waals surface area contributed by atoms with Gasteiger partial charge in [0.2, 0.25) is 0 Å². The van der Waals surface area contributed by atoms with E-state index in [9.17, 15) is 9.18 Å². The lowest BCUT2D eigenvalue weighted by atomic mass is 10.0. The quantitative estimate of drug-likeness (QED) is 0.348. The van der Waals surface area contributed by atoms with Gasteiger partial charge in [0, 0.05) is 17.5 Å². The summed E-state index contributed by atoms with van der Waals surface area (Å²) in [6, 6.07) is 19.4. The molecule has 0 aliphatic heterocycles. The van der Waals surface area contributed by atoms with E-state index < -0.39 is 0 Å². The summed E-state index contributed by atoms with van der Waals surface area (Å²) in [6.45, 7) is 0.555. The van der Waals surface area contributed by atoms with E-state index >= 15 is 0 Å². The van der Waals surface area contributed by atoms with E-state index in [4.69, 9.17) is 17.0 Å². The van der Waals surface area contributed by atoms with Gasteiger partial charge in [-0.05, 0) is 54.2 Å². The molecule has 0 saturated heterocycles. The number of para-hydroxylation sites is 1. The molecule has 29 heavy (non-hydrogen) atoms. The highest BCUT2D eigenvalue weighted by molar-refractivity contribution is 7.71. The first-order valence-electron chi connectivity index (χ1n) is 9.17. The summed E-state index contributed by atoms with van der Waals surface area (Å²) in [7, 11) is 1.64. The third-order valence-corrected chi connectivity index (χ3v) is 5.19. The van der Waals surface area contributed by atoms with Crippen molar-refractivity contribution in [2.45, 2.75) is 13.0 Å². The van der Waals surface area contributed by atoms with Crippen molar-refractivity contribution in [3.8, 4) is 5.75 Å². The predicted octanol–water partition coefficient (Wildman–Crippen LogP) is 5.32. The Morgan fingerprint density at radius 1 is 1.10 bits per heavy atom. The predicted molar refractivity (Wildman–Crippen MR) is 114 cm³/mol. The maximum atomic E-state index is 13.4. The van der Waals surface area contributed by atoms with E-state index in [1.165, 1.54) is 12.1 Å². The van der Waals surface area contributed by atoms with Crippen LogP contribution in [0.5, 0.6) is 5.75 Å². The second-order valence-corrected chi connectivity index (χ2v) is 7.18. The zero-order chi connectivity index (χ0) is 20.4. The Labute approximate surface area is 172 Å². The van der Waals surface area contributed by atoms with Crippen LogP contribution in [0.2, 0.25) is 0 Å². The number of aromatic amines is 1. The van der Waals surface area contributed by atoms with E-state index in [0.29, 0.717) is 22.4 Å². The molecule has 1 N–H and O–H groups in total. The number of nitrogens with one attached hydrogen (secondary N) is 1. The van der Waals surface area contributed by atoms with Gasteiger partial charge in [0.15, 0.2) is 10.6 Å². The molecule has 0 aliphatic carbocycles. The first kappa shape index (κ1) is 19.1. The molecule has 3 aromatic carbocycles. The summed E-state index contributed by atoms with van der Waals surface area (Å²) in [5.74, 6) is 0.378. The van der Waals surface area contributed by atoms with Gasteiger partial charge in [-0.2, -0.15) is 0 Å². The number of hydrogen-bond acceptors (Lipinski definition) is 3. The van der Waals surface area contributed by atoms with Crippen molar-refractivity contribution < 1.29 is 13.9 Å². The number of H-pyrrole nitrogens is 1. The topological polar surface area (TPSA) is 47.0 Å². The fourth-order valence-corrected chi connectivity index (χ4v) is 3.71. The zero-order valence-corrected chi connectivity index (χ0v) is 16.6. The molecule has 0 saturated carbocycles. The summed E-state index contributed by atoms with van der Waals surface area (Å²) >= 11 is 5.50. The van der Waals surface area contributed by atoms with Crippen molar-refractivity contribution in [2.24, 2.45) is 0 Å². The first-order chi connectivity index (χ1) is 14.0. The number of carbonyl (C=O) groups excluding carboxylic acids is 1. The summed E-state index contributed by atoms with van der Waals surface area (Å²) in [5, 5.41) is 0. The van der Waals surface area contributed by atoms with Gasteiger partial charge < -0.3 is 14.3 Å². The van der Waals surface area contributed by atoms with Crippen LogP contribution in [0.4, 0.5) is 4.39 Å². The molecule has 1 aromatic heterocycles. The Morgan fingerprint density at radius 3 is 2.72 bits per heavy atom. The van der Waals surface area contributed by atoms with Crippen LogP contribution < -0.4 is 4.74 Å². The smallest absolute Gasteiger partial charge is 0.178 e. The highest BCUT2D eigenvalue weighted by Gasteiger charge is 2.12. The van der Waals surface area contributed by atoms with Crippen molar-refractivity contribution in [2.75, 3.05) is 7.11 Å². The minimum Gasteiger partial charge on any atom is -0.496 e. The lowest BCUT2D eigenvalue weighted by molar-refractivity contribution is 0.0993. The normalized spacial score (nSPS) is 11.0. The van der Waals surface area contributed by atoms with Crippen molar-refractivity contribution in [3.63, 3.8) is 0 Å². The minimum absolute atomic E-state index is 0.0747. The van der Waals surface area contributed by atoms with Crippen molar-refractivity contribution >= 4 is 29.0 Å². The Balaban J connectivity index is 1.64. The average Bonchev–Trinajstić information content (AvgIpc) is 3.03. The second kappa shape index (κ2) is 8.01. The number of benzene rings is 3. The number of rotatable bonds is 6. The Morgan fingerprint density at radius 2 is 1.93 bits per heavy atom. The average molecular weight is 406 g/mol. The van der Waals surface area contributed by atoms with Crippen LogP contribution in [0.25, 0.3) is 11.0 Å². The number of Topliss-reactive ketones (excluding diaryl/α,β-unsaturated/α-hetero) is 1. The summed E-state index contributed by atoms with van der Waals surface area (Å²) < 4.78 is 21.3. The lowest BCUT2D eigenvalue weighted by Crippen LogP contribution is -2.04. The van der Waals surface area contributed by atoms with Crippen molar-refractivity contribution in [3.05, 3.63) is 94.0 Å². The molecular weight excluding hydrogens is 387 g/mol. The maximum absolute atomic E-state index is 13.4. The van der Waals surface area contributed by atoms with Gasteiger partial charge in [0.25, 0.3) is 0 Å². The summed E-state index contributed by atoms with van der Waals surface area (Å²) in [6.07, 6.45) is 0.145. The summed E-state index contributed by atoms with van der Waals surface area (Å²) in [4.78, 5) is 15.8. The van der Waals surface area contributed by atoms with Crippen molar-refractivity contribution in [1.82, 2.24) is 9.55 Å². The maximum Gasteiger partial charge on any atom is 0.178 e. The standard InChI is InChI=1S/C23H19FN2O2S/c1-28-22-8-3-2-6-17(22)14-26-20-10-9-16(13-19(20)25-23(26)29)21(27)12-15-5-4-7-18(24)11-15/h2-11,13H,12,14H2,1H3,(H,25,29). The van der Waals surface area contributed by atoms with Crippen LogP contribution in [-0.4, -0.2) is 22.4 Å². The highest BCUT2D eigenvalue weighted by atomic mass is 32.1. The number of carbonyl (C=O) groups is 1. The number of hydrogen-bond donors (Lipinski definition) is 1. The molecule has 0 amide bonds. The largest absolute Gasteiger partial charge is 0.496 e. The third kappa shape index (κ3) is 3.98. The van der Waals surface area contributed by atoms with Crippen LogP contribution in [-0.2, 0) is 13.0 Å². The number of imidazole rings is 1. The fraction of sp³-hybridized carbons (Fsp3) is 0.130. The fourth-order valence-electron chi connectivity index (χ4n) is 3.43. The number of ether oxygens (including phenoxy) is 1. The molecule has 4 nitrogen and oxygen atoms in total. The van der Waals surface area contributed by atoms with Crippen LogP contribution in [0, 0.1) is 10.6 Å². The lowest BCUT2D eigenvalue weighted by Gasteiger charge is -2.10. The molecule has 146 valence electrons. The van der Waals surface area contributed by atoms with Crippen LogP contribution in [0.15, 0.2) is 66.7 Å². The van der Waals surface area contributed by atoms with E-state index in [-0.39, 0.29) is 18.0 Å². The molecule has 4 rings (SSSR count). The van der Waals surface area contributed by atoms with Gasteiger partial charge in [0.05, 0.1) is 24.7 Å². The SMILES string of the molecule is COc1ccccc1Cn1c(=S)[nH]c2cc(C(=O)Cc3cccc(F)c3)ccc21. The minimum atomic E-state index is -0.344. The molecule has 4 aromatic rings. The molecule has 1 heterocycles. The molecule has 0 unspecified atom stereocenters. The van der Waals surface area contributed by atoms with Gasteiger partial charge in [-0.15, -0.1) is 0 Å². The molecule has 6 heteroatoms. The highest BCUT2D eigenvalue weighted by Crippen LogP contribution is 2.23. The van der Waals surface area contributed by atoms with Gasteiger partial charge in [-0.3, -0.25) is 4.79 Å². The van der Waals surface area contributed by atoms with Crippen LogP contribution in [0.1, 0.15) is 21.5 Å². The van der Waals surface area contributed by atoms with E-state index in [2.05, 4.69) is 4.98 Å². The number of nitrogens with zero attached hydrogens (tertiary/aromatic N) is 1. The van der Waals surface area contributed by atoms with Gasteiger partial charge >= 0.3 is 0 Å². The molecule has 0 fully saturated rings. The van der Waals surface area contributed by atoms with E-state index in [1.54, 1.807) is 31.4 Å². The monoisotopic (exact) mass is 406 g/mol. The second-order valence-electron chi connectivity index (χ2n) is 6.79. The summed E-state index contributed by atoms with van der Waals surface area (Å²) in [5.41, 5.74) is 3.91. The number of ketones is 1. The number of aromatic nitrogens is 2. The van der Waals surface area contributed by atoms with Gasteiger partial charge in [-0.1, -0.05) is 30.3 Å². The number of fused-ring (bicyclic) bond motifs is 1. The molecule has 0 spiro atoms. The molecule has 0 aliphatic rings. The van der Waals surface area contributed by atoms with Crippen LogP contribution >= 0.6 is 12.2 Å². The van der Waals surface area contributed by atoms with E-state index in [1.807, 2.05) is 34.9 Å². The third-order valence-electron chi connectivity index (χ3n) is 4.87. The molecule has 0 radical (unpaired) electrons. The number of halogens is 1.